The van der Waals surface area contributed by atoms with E-state index in [4.69, 9.17) is 4.74 Å². The van der Waals surface area contributed by atoms with Gasteiger partial charge in [-0.05, 0) is 26.3 Å². The molecule has 13 heavy (non-hydrogen) atoms. The molecular weight excluding hydrogens is 162 g/mol. The van der Waals surface area contributed by atoms with Crippen molar-refractivity contribution in [1.29, 1.82) is 0 Å². The quantitative estimate of drug-likeness (QED) is 0.572. The molecule has 0 aliphatic carbocycles. The summed E-state index contributed by atoms with van der Waals surface area (Å²) in [7, 11) is 0. The Balaban J connectivity index is 2.06. The van der Waals surface area contributed by atoms with Crippen molar-refractivity contribution in [2.75, 3.05) is 19.7 Å². The Morgan fingerprint density at radius 1 is 1.54 bits per heavy atom. The SMILES string of the molecule is CCN1CC2(CC=CCO2)CC1C. The zero-order valence-corrected chi connectivity index (χ0v) is 8.62. The smallest absolute Gasteiger partial charge is 0.0862 e. The third kappa shape index (κ3) is 1.65. The van der Waals surface area contributed by atoms with Gasteiger partial charge in [0.1, 0.15) is 0 Å². The van der Waals surface area contributed by atoms with Gasteiger partial charge in [0.15, 0.2) is 0 Å². The van der Waals surface area contributed by atoms with Crippen molar-refractivity contribution in [1.82, 2.24) is 4.90 Å². The molecule has 0 aromatic rings. The molecule has 2 nitrogen and oxygen atoms in total. The lowest BCUT2D eigenvalue weighted by atomic mass is 9.95. The molecule has 1 fully saturated rings. The Morgan fingerprint density at radius 3 is 2.92 bits per heavy atom. The van der Waals surface area contributed by atoms with E-state index in [9.17, 15) is 0 Å². The van der Waals surface area contributed by atoms with E-state index in [0.717, 1.165) is 26.1 Å². The Kier molecular flexibility index (Phi) is 2.43. The maximum absolute atomic E-state index is 5.90. The second kappa shape index (κ2) is 3.43. The van der Waals surface area contributed by atoms with E-state index in [1.54, 1.807) is 0 Å². The van der Waals surface area contributed by atoms with Crippen molar-refractivity contribution in [3.63, 3.8) is 0 Å². The molecule has 2 heterocycles. The first kappa shape index (κ1) is 9.22. The van der Waals surface area contributed by atoms with Gasteiger partial charge in [-0.2, -0.15) is 0 Å². The van der Waals surface area contributed by atoms with Crippen LogP contribution in [-0.2, 0) is 4.74 Å². The molecule has 1 saturated heterocycles. The van der Waals surface area contributed by atoms with Gasteiger partial charge in [-0.3, -0.25) is 4.90 Å². The van der Waals surface area contributed by atoms with Crippen LogP contribution in [0.2, 0.25) is 0 Å². The van der Waals surface area contributed by atoms with Crippen molar-refractivity contribution in [3.8, 4) is 0 Å². The summed E-state index contributed by atoms with van der Waals surface area (Å²) in [5, 5.41) is 0. The number of likely N-dealkylation sites (tertiary alicyclic amines) is 1. The summed E-state index contributed by atoms with van der Waals surface area (Å²) < 4.78 is 5.90. The molecule has 2 atom stereocenters. The van der Waals surface area contributed by atoms with Crippen LogP contribution in [0.3, 0.4) is 0 Å². The highest BCUT2D eigenvalue weighted by Gasteiger charge is 2.42. The maximum atomic E-state index is 5.90. The number of hydrogen-bond acceptors (Lipinski definition) is 2. The highest BCUT2D eigenvalue weighted by atomic mass is 16.5. The van der Waals surface area contributed by atoms with Gasteiger partial charge in [-0.1, -0.05) is 19.1 Å². The van der Waals surface area contributed by atoms with Crippen LogP contribution >= 0.6 is 0 Å². The fraction of sp³-hybridized carbons (Fsp3) is 0.818. The van der Waals surface area contributed by atoms with E-state index < -0.39 is 0 Å². The fourth-order valence-electron chi connectivity index (χ4n) is 2.58. The number of likely N-dealkylation sites (N-methyl/N-ethyl adjacent to an activating group) is 1. The van der Waals surface area contributed by atoms with Gasteiger partial charge < -0.3 is 4.74 Å². The van der Waals surface area contributed by atoms with Gasteiger partial charge in [0, 0.05) is 12.6 Å². The molecule has 2 unspecified atom stereocenters. The summed E-state index contributed by atoms with van der Waals surface area (Å²) in [5.74, 6) is 0. The minimum Gasteiger partial charge on any atom is -0.369 e. The zero-order valence-electron chi connectivity index (χ0n) is 8.62. The third-order valence-corrected chi connectivity index (χ3v) is 3.33. The molecule has 2 heteroatoms. The molecule has 2 rings (SSSR count). The second-order valence-corrected chi connectivity index (χ2v) is 4.29. The normalized spacial score (nSPS) is 40.3. The van der Waals surface area contributed by atoms with Crippen molar-refractivity contribution >= 4 is 0 Å². The molecular formula is C11H19NO. The number of hydrogen-bond donors (Lipinski definition) is 0. The van der Waals surface area contributed by atoms with Gasteiger partial charge in [0.2, 0.25) is 0 Å². The van der Waals surface area contributed by atoms with Crippen LogP contribution in [0.1, 0.15) is 26.7 Å². The molecule has 2 aliphatic rings. The lowest BCUT2D eigenvalue weighted by molar-refractivity contribution is -0.0275. The minimum absolute atomic E-state index is 0.157. The number of nitrogens with zero attached hydrogens (tertiary/aromatic N) is 1. The Labute approximate surface area is 80.6 Å². The van der Waals surface area contributed by atoms with Crippen LogP contribution < -0.4 is 0 Å². The van der Waals surface area contributed by atoms with Crippen molar-refractivity contribution in [3.05, 3.63) is 12.2 Å². The lowest BCUT2D eigenvalue weighted by Crippen LogP contribution is -2.37. The molecule has 0 N–H and O–H groups in total. The van der Waals surface area contributed by atoms with Gasteiger partial charge in [0.05, 0.1) is 12.2 Å². The first-order valence-electron chi connectivity index (χ1n) is 5.29. The van der Waals surface area contributed by atoms with Crippen LogP contribution in [0, 0.1) is 0 Å². The fourth-order valence-corrected chi connectivity index (χ4v) is 2.58. The summed E-state index contributed by atoms with van der Waals surface area (Å²) in [6, 6.07) is 0.691. The zero-order chi connectivity index (χ0) is 9.31. The number of rotatable bonds is 1. The highest BCUT2D eigenvalue weighted by Crippen LogP contribution is 2.34. The lowest BCUT2D eigenvalue weighted by Gasteiger charge is -2.30. The van der Waals surface area contributed by atoms with E-state index in [2.05, 4.69) is 30.9 Å². The van der Waals surface area contributed by atoms with Crippen LogP contribution in [0.5, 0.6) is 0 Å². The molecule has 0 aromatic carbocycles. The molecule has 0 bridgehead atoms. The molecule has 0 saturated carbocycles. The Morgan fingerprint density at radius 2 is 2.38 bits per heavy atom. The average molecular weight is 181 g/mol. The average Bonchev–Trinajstić information content (AvgIpc) is 2.44. The van der Waals surface area contributed by atoms with E-state index in [-0.39, 0.29) is 5.60 Å². The van der Waals surface area contributed by atoms with Crippen LogP contribution in [0.25, 0.3) is 0 Å². The molecule has 0 radical (unpaired) electrons. The molecule has 1 spiro atoms. The van der Waals surface area contributed by atoms with Crippen LogP contribution in [0.15, 0.2) is 12.2 Å². The van der Waals surface area contributed by atoms with Crippen LogP contribution in [-0.4, -0.2) is 36.2 Å². The van der Waals surface area contributed by atoms with Gasteiger partial charge in [0.25, 0.3) is 0 Å². The largest absolute Gasteiger partial charge is 0.369 e. The number of ether oxygens (including phenoxy) is 1. The van der Waals surface area contributed by atoms with Gasteiger partial charge in [-0.15, -0.1) is 0 Å². The van der Waals surface area contributed by atoms with Crippen molar-refractivity contribution in [2.45, 2.75) is 38.3 Å². The Hall–Kier alpha value is -0.340. The topological polar surface area (TPSA) is 12.5 Å². The summed E-state index contributed by atoms with van der Waals surface area (Å²) in [5.41, 5.74) is 0.157. The molecule has 0 amide bonds. The molecule has 74 valence electrons. The predicted octanol–water partition coefficient (Wildman–Crippen LogP) is 1.82. The van der Waals surface area contributed by atoms with Crippen molar-refractivity contribution < 1.29 is 4.74 Å². The maximum Gasteiger partial charge on any atom is 0.0862 e. The van der Waals surface area contributed by atoms with E-state index in [0.29, 0.717) is 6.04 Å². The summed E-state index contributed by atoms with van der Waals surface area (Å²) in [6.45, 7) is 7.61. The summed E-state index contributed by atoms with van der Waals surface area (Å²) >= 11 is 0. The minimum atomic E-state index is 0.157. The van der Waals surface area contributed by atoms with E-state index >= 15 is 0 Å². The van der Waals surface area contributed by atoms with Gasteiger partial charge >= 0.3 is 0 Å². The van der Waals surface area contributed by atoms with E-state index in [1.807, 2.05) is 0 Å². The first-order valence-corrected chi connectivity index (χ1v) is 5.29. The van der Waals surface area contributed by atoms with Crippen LogP contribution in [0.4, 0.5) is 0 Å². The van der Waals surface area contributed by atoms with Crippen molar-refractivity contribution in [2.24, 2.45) is 0 Å². The Bertz CT molecular complexity index is 214. The van der Waals surface area contributed by atoms with E-state index in [1.165, 1.54) is 6.42 Å². The molecule has 2 aliphatic heterocycles. The standard InChI is InChI=1S/C11H19NO/c1-3-12-9-11(8-10(12)2)6-4-5-7-13-11/h4-5,10H,3,6-9H2,1-2H3. The third-order valence-electron chi connectivity index (χ3n) is 3.33. The molecule has 0 aromatic heterocycles. The monoisotopic (exact) mass is 181 g/mol. The van der Waals surface area contributed by atoms with Gasteiger partial charge in [-0.25, -0.2) is 0 Å². The first-order chi connectivity index (χ1) is 6.26. The highest BCUT2D eigenvalue weighted by molar-refractivity contribution is 5.04. The predicted molar refractivity (Wildman–Crippen MR) is 53.8 cm³/mol. The summed E-state index contributed by atoms with van der Waals surface area (Å²) in [4.78, 5) is 2.51. The summed E-state index contributed by atoms with van der Waals surface area (Å²) in [6.07, 6.45) is 6.71. The second-order valence-electron chi connectivity index (χ2n) is 4.29.